The molecule has 23 heteroatoms. The molecule has 0 bridgehead atoms. The van der Waals surface area contributed by atoms with Gasteiger partial charge in [0, 0.05) is 6.04 Å². The van der Waals surface area contributed by atoms with Gasteiger partial charge >= 0.3 is 47.0 Å². The van der Waals surface area contributed by atoms with E-state index in [4.69, 9.17) is 0 Å². The number of unbranched alkanes of at least 4 members (excludes halogenated alkanes) is 1. The number of sulfonamides is 1. The fourth-order valence-corrected chi connectivity index (χ4v) is 3.76. The number of halogens is 17. The van der Waals surface area contributed by atoms with Crippen molar-refractivity contribution in [3.63, 3.8) is 0 Å². The Labute approximate surface area is 212 Å². The topological polar surface area (TPSA) is 86.3 Å². The molecule has 0 fully saturated rings. The summed E-state index contributed by atoms with van der Waals surface area (Å²) in [7, 11) is -7.55. The van der Waals surface area contributed by atoms with Crippen LogP contribution in [-0.2, 0) is 14.8 Å². The highest BCUT2D eigenvalue weighted by molar-refractivity contribution is 7.90. The van der Waals surface area contributed by atoms with E-state index in [1.165, 1.54) is 6.92 Å². The molecule has 0 aliphatic carbocycles. The van der Waals surface area contributed by atoms with Crippen LogP contribution in [0.5, 0.6) is 0 Å². The maximum absolute atomic E-state index is 14.0. The zero-order valence-electron chi connectivity index (χ0n) is 19.2. The molecule has 0 amide bonds. The van der Waals surface area contributed by atoms with Crippen LogP contribution in [0.2, 0.25) is 0 Å². The van der Waals surface area contributed by atoms with Crippen molar-refractivity contribution in [1.82, 2.24) is 4.72 Å². The second-order valence-electron chi connectivity index (χ2n) is 7.95. The van der Waals surface area contributed by atoms with Crippen molar-refractivity contribution in [2.45, 2.75) is 86.1 Å². The van der Waals surface area contributed by atoms with E-state index >= 15 is 0 Å². The summed E-state index contributed by atoms with van der Waals surface area (Å²) in [4.78, 5) is 10.9. The highest BCUT2D eigenvalue weighted by Gasteiger charge is 2.96. The van der Waals surface area contributed by atoms with E-state index in [9.17, 15) is 93.0 Å². The Bertz CT molecular complexity index is 1070. The van der Waals surface area contributed by atoms with Crippen LogP contribution in [0, 0.1) is 0 Å². The molecule has 0 rings (SSSR count). The van der Waals surface area contributed by atoms with E-state index in [1.54, 1.807) is 0 Å². The maximum Gasteiger partial charge on any atom is 0.460 e. The first-order chi connectivity index (χ1) is 17.3. The van der Waals surface area contributed by atoms with Crippen LogP contribution in [0.15, 0.2) is 11.6 Å². The van der Waals surface area contributed by atoms with Crippen LogP contribution in [-0.4, -0.2) is 67.4 Å². The number of carboxylic acids is 1. The molecule has 0 spiro atoms. The molecule has 238 valence electrons. The van der Waals surface area contributed by atoms with Crippen LogP contribution in [0.1, 0.15) is 33.1 Å². The SMILES string of the molecule is CCCC/C(=C/C(C)NS(=O)(=O)C(F)(F)C(F)(F)C(F)(F)C(F)(F)C(F)(F)C(F)(F)C(F)(F)C(F)(F)F)C(=O)[O-]. The zero-order chi connectivity index (χ0) is 32.8. The van der Waals surface area contributed by atoms with Crippen molar-refractivity contribution in [2.24, 2.45) is 0 Å². The van der Waals surface area contributed by atoms with Gasteiger partial charge in [0.15, 0.2) is 0 Å². The van der Waals surface area contributed by atoms with Gasteiger partial charge < -0.3 is 9.90 Å². The lowest BCUT2D eigenvalue weighted by atomic mass is 9.91. The predicted octanol–water partition coefficient (Wildman–Crippen LogP) is 5.13. The smallest absolute Gasteiger partial charge is 0.460 e. The third kappa shape index (κ3) is 5.80. The fourth-order valence-electron chi connectivity index (χ4n) is 2.59. The second-order valence-corrected chi connectivity index (χ2v) is 9.71. The number of aliphatic carboxylic acids is 1. The van der Waals surface area contributed by atoms with Crippen molar-refractivity contribution in [3.05, 3.63) is 11.6 Å². The Balaban J connectivity index is 6.79. The molecule has 1 N–H and O–H groups in total. The number of carboxylic acid groups (broad SMARTS) is 1. The Hall–Kier alpha value is -2.07. The fraction of sp³-hybridized carbons (Fsp3) is 0.824. The molecule has 0 saturated carbocycles. The van der Waals surface area contributed by atoms with E-state index in [1.807, 2.05) is 0 Å². The van der Waals surface area contributed by atoms with Crippen LogP contribution in [0.25, 0.3) is 0 Å². The largest absolute Gasteiger partial charge is 0.545 e. The minimum Gasteiger partial charge on any atom is -0.545 e. The number of carbonyl (C=O) groups excluding carboxylic acids is 1. The van der Waals surface area contributed by atoms with Gasteiger partial charge in [-0.15, -0.1) is 0 Å². The van der Waals surface area contributed by atoms with Gasteiger partial charge in [0.05, 0.1) is 5.97 Å². The Kier molecular flexibility index (Phi) is 10.4. The second kappa shape index (κ2) is 11.0. The van der Waals surface area contributed by atoms with Gasteiger partial charge in [0.25, 0.3) is 10.0 Å². The van der Waals surface area contributed by atoms with E-state index in [0.29, 0.717) is 11.6 Å². The molecule has 40 heavy (non-hydrogen) atoms. The van der Waals surface area contributed by atoms with Crippen molar-refractivity contribution in [3.8, 4) is 0 Å². The summed E-state index contributed by atoms with van der Waals surface area (Å²) in [6.07, 6.45) is -8.00. The predicted molar refractivity (Wildman–Crippen MR) is 94.8 cm³/mol. The maximum atomic E-state index is 14.0. The van der Waals surface area contributed by atoms with Crippen LogP contribution in [0.4, 0.5) is 74.6 Å². The molecule has 0 aromatic rings. The van der Waals surface area contributed by atoms with Gasteiger partial charge in [-0.3, -0.25) is 0 Å². The van der Waals surface area contributed by atoms with E-state index in [2.05, 4.69) is 0 Å². The lowest BCUT2D eigenvalue weighted by molar-refractivity contribution is -0.458. The summed E-state index contributed by atoms with van der Waals surface area (Å²) < 4.78 is 250. The third-order valence-electron chi connectivity index (χ3n) is 4.88. The minimum absolute atomic E-state index is 0.00104. The van der Waals surface area contributed by atoms with E-state index < -0.39 is 81.0 Å². The van der Waals surface area contributed by atoms with Crippen molar-refractivity contribution in [1.29, 1.82) is 0 Å². The quantitative estimate of drug-likeness (QED) is 0.209. The number of alkyl halides is 17. The lowest BCUT2D eigenvalue weighted by Gasteiger charge is -2.42. The number of carbonyl (C=O) groups is 1. The Morgan fingerprint density at radius 1 is 0.725 bits per heavy atom. The van der Waals surface area contributed by atoms with Gasteiger partial charge in [-0.05, 0) is 25.3 Å². The van der Waals surface area contributed by atoms with Gasteiger partial charge in [0.2, 0.25) is 0 Å². The van der Waals surface area contributed by atoms with Crippen LogP contribution in [0.3, 0.4) is 0 Å². The monoisotopic (exact) mass is 652 g/mol. The molecule has 0 saturated heterocycles. The molecule has 0 aromatic heterocycles. The standard InChI is InChI=1S/C17H16F17NO4S/c1-3-4-5-8(9(36)37)6-7(2)35-40(38,39)17(33,34)15(28,29)13(24,25)11(20,21)10(18,19)12(22,23)14(26,27)16(30,31)32/h6-7,35H,3-5H2,1-2H3,(H,36,37)/p-1/b8-6-. The molecular weight excluding hydrogens is 637 g/mol. The van der Waals surface area contributed by atoms with E-state index in [-0.39, 0.29) is 18.9 Å². The number of hydrogen-bond donors (Lipinski definition) is 1. The number of nitrogens with one attached hydrogen (secondary N) is 1. The first-order valence-electron chi connectivity index (χ1n) is 9.91. The number of rotatable bonds is 14. The average molecular weight is 652 g/mol. The third-order valence-corrected chi connectivity index (χ3v) is 6.50. The molecule has 0 aromatic carbocycles. The summed E-state index contributed by atoms with van der Waals surface area (Å²) >= 11 is 0. The Morgan fingerprint density at radius 3 is 1.40 bits per heavy atom. The first kappa shape index (κ1) is 37.9. The van der Waals surface area contributed by atoms with E-state index in [0.717, 1.165) is 0 Å². The van der Waals surface area contributed by atoms with Gasteiger partial charge in [-0.2, -0.15) is 74.6 Å². The average Bonchev–Trinajstić information content (AvgIpc) is 2.74. The normalized spacial score (nSPS) is 16.7. The summed E-state index contributed by atoms with van der Waals surface area (Å²) in [5.41, 5.74) is -0.906. The summed E-state index contributed by atoms with van der Waals surface area (Å²) in [6.45, 7) is 1.84. The lowest BCUT2D eigenvalue weighted by Crippen LogP contribution is -2.75. The van der Waals surface area contributed by atoms with Crippen molar-refractivity contribution < 1.29 is 93.0 Å². The van der Waals surface area contributed by atoms with Crippen LogP contribution < -0.4 is 9.83 Å². The summed E-state index contributed by atoms with van der Waals surface area (Å²) in [6, 6.07) is -2.41. The van der Waals surface area contributed by atoms with Gasteiger partial charge in [-0.25, -0.2) is 13.1 Å². The molecule has 0 aliphatic rings. The molecule has 0 aliphatic heterocycles. The molecule has 1 unspecified atom stereocenters. The van der Waals surface area contributed by atoms with Crippen molar-refractivity contribution in [2.75, 3.05) is 0 Å². The number of hydrogen-bond acceptors (Lipinski definition) is 4. The molecule has 0 heterocycles. The molecule has 5 nitrogen and oxygen atoms in total. The zero-order valence-corrected chi connectivity index (χ0v) is 20.1. The highest BCUT2D eigenvalue weighted by Crippen LogP contribution is 2.64. The summed E-state index contributed by atoms with van der Waals surface area (Å²) in [5, 5.41) is 3.21. The highest BCUT2D eigenvalue weighted by atomic mass is 32.2. The van der Waals surface area contributed by atoms with Gasteiger partial charge in [-0.1, -0.05) is 19.4 Å². The molecule has 0 radical (unpaired) electrons. The Morgan fingerprint density at radius 2 is 1.07 bits per heavy atom. The van der Waals surface area contributed by atoms with Crippen molar-refractivity contribution >= 4 is 16.0 Å². The van der Waals surface area contributed by atoms with Gasteiger partial charge in [0.1, 0.15) is 0 Å². The molecular formula is C17H15F17NO4S-. The summed E-state index contributed by atoms with van der Waals surface area (Å²) in [5.74, 6) is -54.3. The molecule has 1 atom stereocenters. The minimum atomic E-state index is -8.94. The van der Waals surface area contributed by atoms with Crippen LogP contribution >= 0.6 is 0 Å². The first-order valence-corrected chi connectivity index (χ1v) is 11.4.